The minimum Gasteiger partial charge on any atom is -0.465 e. The number of rotatable bonds is 5. The molecule has 0 aliphatic carbocycles. The van der Waals surface area contributed by atoms with E-state index in [1.165, 1.54) is 0 Å². The zero-order valence-electron chi connectivity index (χ0n) is 10.2. The first-order valence-electron chi connectivity index (χ1n) is 5.68. The van der Waals surface area contributed by atoms with Gasteiger partial charge in [-0.15, -0.1) is 0 Å². The van der Waals surface area contributed by atoms with Crippen molar-refractivity contribution in [3.8, 4) is 0 Å². The summed E-state index contributed by atoms with van der Waals surface area (Å²) in [7, 11) is 0. The molecule has 0 bridgehead atoms. The molecule has 94 valence electrons. The molecule has 0 aliphatic heterocycles. The molecule has 0 aromatic heterocycles. The first-order chi connectivity index (χ1) is 8.04. The molecular formula is C13H18BrNO2. The van der Waals surface area contributed by atoms with Crippen LogP contribution in [0.2, 0.25) is 0 Å². The van der Waals surface area contributed by atoms with Gasteiger partial charge in [-0.3, -0.25) is 4.79 Å². The Morgan fingerprint density at radius 3 is 2.76 bits per heavy atom. The van der Waals surface area contributed by atoms with Gasteiger partial charge in [0.2, 0.25) is 0 Å². The number of nitrogens with two attached hydrogens (primary N) is 1. The van der Waals surface area contributed by atoms with E-state index in [2.05, 4.69) is 15.9 Å². The fourth-order valence-corrected chi connectivity index (χ4v) is 2.17. The molecule has 0 aliphatic rings. The lowest BCUT2D eigenvalue weighted by atomic mass is 9.79. The summed E-state index contributed by atoms with van der Waals surface area (Å²) >= 11 is 3.41. The number of esters is 1. The van der Waals surface area contributed by atoms with Crippen molar-refractivity contribution in [2.75, 3.05) is 13.2 Å². The van der Waals surface area contributed by atoms with E-state index >= 15 is 0 Å². The van der Waals surface area contributed by atoms with Crippen LogP contribution in [0.15, 0.2) is 28.7 Å². The van der Waals surface area contributed by atoms with Crippen molar-refractivity contribution in [3.05, 3.63) is 34.3 Å². The molecule has 3 nitrogen and oxygen atoms in total. The van der Waals surface area contributed by atoms with Crippen LogP contribution >= 0.6 is 15.9 Å². The van der Waals surface area contributed by atoms with Crippen LogP contribution in [0.25, 0.3) is 0 Å². The molecule has 1 atom stereocenters. The van der Waals surface area contributed by atoms with Gasteiger partial charge >= 0.3 is 5.97 Å². The molecule has 0 radical (unpaired) electrons. The summed E-state index contributed by atoms with van der Waals surface area (Å²) in [5.74, 6) is -0.219. The molecule has 0 heterocycles. The predicted octanol–water partition coefficient (Wildman–Crippen LogP) is 2.62. The Kier molecular flexibility index (Phi) is 5.15. The van der Waals surface area contributed by atoms with Crippen LogP contribution in [-0.4, -0.2) is 19.1 Å². The second kappa shape index (κ2) is 6.17. The SMILES string of the molecule is CCOC(=O)C(C)(CCN)c1cccc(Br)c1. The van der Waals surface area contributed by atoms with Crippen molar-refractivity contribution in [2.24, 2.45) is 5.73 Å². The fourth-order valence-electron chi connectivity index (χ4n) is 1.77. The van der Waals surface area contributed by atoms with Gasteiger partial charge in [0.15, 0.2) is 0 Å². The highest BCUT2D eigenvalue weighted by Crippen LogP contribution is 2.30. The van der Waals surface area contributed by atoms with Crippen molar-refractivity contribution in [1.82, 2.24) is 0 Å². The Labute approximate surface area is 110 Å². The van der Waals surface area contributed by atoms with Gasteiger partial charge in [-0.1, -0.05) is 28.1 Å². The van der Waals surface area contributed by atoms with Gasteiger partial charge in [0.05, 0.1) is 12.0 Å². The molecule has 17 heavy (non-hydrogen) atoms. The predicted molar refractivity (Wildman–Crippen MR) is 71.8 cm³/mol. The summed E-state index contributed by atoms with van der Waals surface area (Å²) in [6.07, 6.45) is 0.572. The number of ether oxygens (including phenoxy) is 1. The highest BCUT2D eigenvalue weighted by atomic mass is 79.9. The molecule has 1 aromatic rings. The Bertz CT molecular complexity index is 395. The Balaban J connectivity index is 3.10. The van der Waals surface area contributed by atoms with Gasteiger partial charge in [0, 0.05) is 4.47 Å². The molecule has 0 saturated carbocycles. The molecule has 1 aromatic carbocycles. The normalized spacial score (nSPS) is 14.1. The zero-order valence-corrected chi connectivity index (χ0v) is 11.8. The molecule has 1 rings (SSSR count). The Morgan fingerprint density at radius 1 is 1.53 bits per heavy atom. The summed E-state index contributed by atoms with van der Waals surface area (Å²) in [5, 5.41) is 0. The van der Waals surface area contributed by atoms with E-state index in [0.29, 0.717) is 19.6 Å². The average Bonchev–Trinajstić information content (AvgIpc) is 2.29. The summed E-state index contributed by atoms with van der Waals surface area (Å²) in [5.41, 5.74) is 5.86. The largest absolute Gasteiger partial charge is 0.465 e. The maximum atomic E-state index is 12.1. The van der Waals surface area contributed by atoms with Crippen molar-refractivity contribution in [1.29, 1.82) is 0 Å². The summed E-state index contributed by atoms with van der Waals surface area (Å²) in [6.45, 7) is 4.51. The van der Waals surface area contributed by atoms with E-state index in [0.717, 1.165) is 10.0 Å². The number of benzene rings is 1. The minimum atomic E-state index is -0.672. The van der Waals surface area contributed by atoms with Gasteiger partial charge < -0.3 is 10.5 Å². The maximum absolute atomic E-state index is 12.1. The monoisotopic (exact) mass is 299 g/mol. The fraction of sp³-hybridized carbons (Fsp3) is 0.462. The molecule has 4 heteroatoms. The van der Waals surface area contributed by atoms with Gasteiger partial charge in [-0.25, -0.2) is 0 Å². The van der Waals surface area contributed by atoms with E-state index in [1.54, 1.807) is 0 Å². The summed E-state index contributed by atoms with van der Waals surface area (Å²) in [4.78, 5) is 12.1. The third-order valence-electron chi connectivity index (χ3n) is 2.83. The highest BCUT2D eigenvalue weighted by molar-refractivity contribution is 9.10. The second-order valence-electron chi connectivity index (χ2n) is 4.10. The second-order valence-corrected chi connectivity index (χ2v) is 5.02. The number of hydrogen-bond acceptors (Lipinski definition) is 3. The smallest absolute Gasteiger partial charge is 0.316 e. The van der Waals surface area contributed by atoms with Crippen molar-refractivity contribution < 1.29 is 9.53 Å². The van der Waals surface area contributed by atoms with Gasteiger partial charge in [-0.2, -0.15) is 0 Å². The maximum Gasteiger partial charge on any atom is 0.316 e. The zero-order chi connectivity index (χ0) is 12.9. The van der Waals surface area contributed by atoms with Crippen LogP contribution in [0.4, 0.5) is 0 Å². The quantitative estimate of drug-likeness (QED) is 0.850. The number of halogens is 1. The molecule has 2 N–H and O–H groups in total. The number of carbonyl (C=O) groups excluding carboxylic acids is 1. The molecular weight excluding hydrogens is 282 g/mol. The summed E-state index contributed by atoms with van der Waals surface area (Å²) in [6, 6.07) is 7.70. The standard InChI is InChI=1S/C13H18BrNO2/c1-3-17-12(16)13(2,7-8-15)10-5-4-6-11(14)9-10/h4-6,9H,3,7-8,15H2,1-2H3. The molecule has 0 fully saturated rings. The first-order valence-corrected chi connectivity index (χ1v) is 6.47. The minimum absolute atomic E-state index is 0.219. The molecule has 1 unspecified atom stereocenters. The van der Waals surface area contributed by atoms with E-state index in [1.807, 2.05) is 38.1 Å². The topological polar surface area (TPSA) is 52.3 Å². The number of hydrogen-bond donors (Lipinski definition) is 1. The molecule has 0 amide bonds. The lowest BCUT2D eigenvalue weighted by molar-refractivity contribution is -0.149. The van der Waals surface area contributed by atoms with E-state index in [4.69, 9.17) is 10.5 Å². The van der Waals surface area contributed by atoms with Crippen molar-refractivity contribution in [2.45, 2.75) is 25.7 Å². The number of carbonyl (C=O) groups is 1. The third kappa shape index (κ3) is 3.30. The Hall–Kier alpha value is -0.870. The van der Waals surface area contributed by atoms with Gasteiger partial charge in [-0.05, 0) is 44.5 Å². The lowest BCUT2D eigenvalue weighted by Gasteiger charge is -2.27. The molecule has 0 saturated heterocycles. The van der Waals surface area contributed by atoms with Crippen LogP contribution in [-0.2, 0) is 14.9 Å². The van der Waals surface area contributed by atoms with Crippen LogP contribution in [0.1, 0.15) is 25.8 Å². The Morgan fingerprint density at radius 2 is 2.24 bits per heavy atom. The van der Waals surface area contributed by atoms with Crippen LogP contribution in [0, 0.1) is 0 Å². The van der Waals surface area contributed by atoms with Crippen molar-refractivity contribution >= 4 is 21.9 Å². The van der Waals surface area contributed by atoms with E-state index < -0.39 is 5.41 Å². The highest BCUT2D eigenvalue weighted by Gasteiger charge is 2.35. The summed E-state index contributed by atoms with van der Waals surface area (Å²) < 4.78 is 6.09. The van der Waals surface area contributed by atoms with E-state index in [-0.39, 0.29) is 5.97 Å². The van der Waals surface area contributed by atoms with Crippen LogP contribution in [0.5, 0.6) is 0 Å². The van der Waals surface area contributed by atoms with Gasteiger partial charge in [0.25, 0.3) is 0 Å². The lowest BCUT2D eigenvalue weighted by Crippen LogP contribution is -2.36. The molecule has 0 spiro atoms. The van der Waals surface area contributed by atoms with E-state index in [9.17, 15) is 4.79 Å². The van der Waals surface area contributed by atoms with Gasteiger partial charge in [0.1, 0.15) is 0 Å². The first kappa shape index (κ1) is 14.2. The van der Waals surface area contributed by atoms with Crippen LogP contribution in [0.3, 0.4) is 0 Å². The third-order valence-corrected chi connectivity index (χ3v) is 3.33. The average molecular weight is 300 g/mol. The van der Waals surface area contributed by atoms with Crippen LogP contribution < -0.4 is 5.73 Å². The van der Waals surface area contributed by atoms with Crippen molar-refractivity contribution in [3.63, 3.8) is 0 Å².